The highest BCUT2D eigenvalue weighted by Gasteiger charge is 2.28. The minimum Gasteiger partial charge on any atom is -0.356 e. The van der Waals surface area contributed by atoms with Crippen LogP contribution in [0.25, 0.3) is 16.7 Å². The smallest absolute Gasteiger partial charge is 0.276 e. The number of para-hydroxylation sites is 2. The van der Waals surface area contributed by atoms with Crippen LogP contribution in [0.4, 0.5) is 0 Å². The van der Waals surface area contributed by atoms with Crippen LogP contribution in [-0.2, 0) is 6.54 Å². The second-order valence-electron chi connectivity index (χ2n) is 7.92. The lowest BCUT2D eigenvalue weighted by atomic mass is 10.0. The molecule has 0 N–H and O–H groups in total. The van der Waals surface area contributed by atoms with Gasteiger partial charge in [-0.25, -0.2) is 0 Å². The van der Waals surface area contributed by atoms with Gasteiger partial charge in [-0.05, 0) is 44.2 Å². The molecule has 2 aromatic heterocycles. The van der Waals surface area contributed by atoms with E-state index >= 15 is 0 Å². The maximum atomic E-state index is 12.9. The molecular formula is C23H24N6O2. The molecule has 2 aromatic carbocycles. The van der Waals surface area contributed by atoms with Gasteiger partial charge in [0.05, 0.1) is 11.9 Å². The Morgan fingerprint density at radius 3 is 2.65 bits per heavy atom. The second kappa shape index (κ2) is 8.31. The van der Waals surface area contributed by atoms with Crippen molar-refractivity contribution in [2.24, 2.45) is 0 Å². The molecule has 1 amide bonds. The molecule has 0 bridgehead atoms. The molecule has 0 saturated carbocycles. The van der Waals surface area contributed by atoms with E-state index in [1.54, 1.807) is 6.20 Å². The first-order chi connectivity index (χ1) is 15.2. The monoisotopic (exact) mass is 416 g/mol. The Hall–Kier alpha value is -3.52. The zero-order chi connectivity index (χ0) is 21.2. The Morgan fingerprint density at radius 1 is 1.10 bits per heavy atom. The van der Waals surface area contributed by atoms with Gasteiger partial charge < -0.3 is 9.42 Å². The van der Waals surface area contributed by atoms with Crippen LogP contribution in [0.5, 0.6) is 0 Å². The van der Waals surface area contributed by atoms with Gasteiger partial charge in [0.2, 0.25) is 0 Å². The van der Waals surface area contributed by atoms with Crippen molar-refractivity contribution in [3.8, 4) is 5.69 Å². The van der Waals surface area contributed by atoms with Crippen molar-refractivity contribution in [2.45, 2.75) is 25.4 Å². The summed E-state index contributed by atoms with van der Waals surface area (Å²) in [5, 5.41) is 13.9. The first-order valence-corrected chi connectivity index (χ1v) is 10.5. The Labute approximate surface area is 180 Å². The van der Waals surface area contributed by atoms with Crippen molar-refractivity contribution < 1.29 is 9.32 Å². The van der Waals surface area contributed by atoms with Crippen molar-refractivity contribution in [2.75, 3.05) is 20.1 Å². The number of likely N-dealkylation sites (tertiary alicyclic amines) is 1. The van der Waals surface area contributed by atoms with Gasteiger partial charge in [-0.2, -0.15) is 9.90 Å². The van der Waals surface area contributed by atoms with E-state index in [0.717, 1.165) is 41.7 Å². The van der Waals surface area contributed by atoms with Crippen LogP contribution in [0.15, 0.2) is 65.3 Å². The molecule has 0 spiro atoms. The zero-order valence-electron chi connectivity index (χ0n) is 17.4. The number of carbonyl (C=O) groups is 1. The number of benzene rings is 2. The van der Waals surface area contributed by atoms with Gasteiger partial charge in [0.25, 0.3) is 5.91 Å². The fourth-order valence-electron chi connectivity index (χ4n) is 4.14. The molecular weight excluding hydrogens is 392 g/mol. The first-order valence-electron chi connectivity index (χ1n) is 10.5. The van der Waals surface area contributed by atoms with Gasteiger partial charge in [0, 0.05) is 31.1 Å². The Kier molecular flexibility index (Phi) is 5.21. The molecule has 0 unspecified atom stereocenters. The zero-order valence-corrected chi connectivity index (χ0v) is 17.4. The molecule has 8 nitrogen and oxygen atoms in total. The van der Waals surface area contributed by atoms with Crippen LogP contribution in [-0.4, -0.2) is 62.0 Å². The van der Waals surface area contributed by atoms with Gasteiger partial charge in [-0.15, -0.1) is 5.10 Å². The molecule has 31 heavy (non-hydrogen) atoms. The van der Waals surface area contributed by atoms with Crippen LogP contribution in [0, 0.1) is 0 Å². The predicted octanol–water partition coefficient (Wildman–Crippen LogP) is 3.15. The van der Waals surface area contributed by atoms with E-state index in [0.29, 0.717) is 24.8 Å². The highest BCUT2D eigenvalue weighted by molar-refractivity contribution is 5.92. The standard InChI is InChI=1S/C23H24N6O2/c1-27(16-21-19-9-5-6-10-22(19)31-26-21)17-11-13-28(14-12-17)23(30)20-15-24-29(25-20)18-7-3-2-4-8-18/h2-10,15,17H,11-14,16H2,1H3. The molecule has 0 radical (unpaired) electrons. The number of hydrogen-bond acceptors (Lipinski definition) is 6. The van der Waals surface area contributed by atoms with Crippen LogP contribution in [0.2, 0.25) is 0 Å². The van der Waals surface area contributed by atoms with E-state index in [9.17, 15) is 4.79 Å². The summed E-state index contributed by atoms with van der Waals surface area (Å²) in [6.07, 6.45) is 3.36. The highest BCUT2D eigenvalue weighted by Crippen LogP contribution is 2.23. The topological polar surface area (TPSA) is 80.3 Å². The average Bonchev–Trinajstić information content (AvgIpc) is 3.47. The van der Waals surface area contributed by atoms with Crippen molar-refractivity contribution in [3.05, 3.63) is 72.2 Å². The molecule has 158 valence electrons. The van der Waals surface area contributed by atoms with Crippen LogP contribution in [0.3, 0.4) is 0 Å². The molecule has 1 saturated heterocycles. The largest absolute Gasteiger partial charge is 0.356 e. The third kappa shape index (κ3) is 3.94. The van der Waals surface area contributed by atoms with E-state index in [4.69, 9.17) is 4.52 Å². The Bertz CT molecular complexity index is 1180. The second-order valence-corrected chi connectivity index (χ2v) is 7.92. The van der Waals surface area contributed by atoms with Crippen LogP contribution < -0.4 is 0 Å². The minimum atomic E-state index is -0.0641. The predicted molar refractivity (Wildman–Crippen MR) is 116 cm³/mol. The number of nitrogens with zero attached hydrogens (tertiary/aromatic N) is 6. The lowest BCUT2D eigenvalue weighted by Gasteiger charge is -2.36. The van der Waals surface area contributed by atoms with Crippen molar-refractivity contribution >= 4 is 16.9 Å². The average molecular weight is 416 g/mol. The molecule has 1 aliphatic heterocycles. The summed E-state index contributed by atoms with van der Waals surface area (Å²) in [6, 6.07) is 17.9. The van der Waals surface area contributed by atoms with E-state index in [2.05, 4.69) is 27.3 Å². The van der Waals surface area contributed by atoms with Crippen molar-refractivity contribution in [3.63, 3.8) is 0 Å². The highest BCUT2D eigenvalue weighted by atomic mass is 16.5. The molecule has 3 heterocycles. The summed E-state index contributed by atoms with van der Waals surface area (Å²) in [7, 11) is 2.11. The molecule has 0 aliphatic carbocycles. The van der Waals surface area contributed by atoms with E-state index < -0.39 is 0 Å². The quantitative estimate of drug-likeness (QED) is 0.497. The van der Waals surface area contributed by atoms with Crippen molar-refractivity contribution in [1.82, 2.24) is 30.0 Å². The van der Waals surface area contributed by atoms with Crippen LogP contribution in [0.1, 0.15) is 29.0 Å². The van der Waals surface area contributed by atoms with E-state index in [1.165, 1.54) is 4.80 Å². The van der Waals surface area contributed by atoms with Gasteiger partial charge in [0.15, 0.2) is 11.3 Å². The van der Waals surface area contributed by atoms with Gasteiger partial charge in [-0.3, -0.25) is 9.69 Å². The number of hydrogen-bond donors (Lipinski definition) is 0. The fraction of sp³-hybridized carbons (Fsp3) is 0.304. The summed E-state index contributed by atoms with van der Waals surface area (Å²) < 4.78 is 5.42. The number of piperidine rings is 1. The Morgan fingerprint density at radius 2 is 1.84 bits per heavy atom. The molecule has 1 aliphatic rings. The third-order valence-corrected chi connectivity index (χ3v) is 5.92. The number of fused-ring (bicyclic) bond motifs is 1. The number of carbonyl (C=O) groups excluding carboxylic acids is 1. The Balaban J connectivity index is 1.19. The van der Waals surface area contributed by atoms with Gasteiger partial charge in [-0.1, -0.05) is 35.5 Å². The third-order valence-electron chi connectivity index (χ3n) is 5.92. The summed E-state index contributed by atoms with van der Waals surface area (Å²) >= 11 is 0. The maximum absolute atomic E-state index is 12.9. The maximum Gasteiger partial charge on any atom is 0.276 e. The fourth-order valence-corrected chi connectivity index (χ4v) is 4.14. The molecule has 5 rings (SSSR count). The first kappa shape index (κ1) is 19.4. The number of amides is 1. The molecule has 0 atom stereocenters. The summed E-state index contributed by atoms with van der Waals surface area (Å²) in [5.74, 6) is -0.0641. The van der Waals surface area contributed by atoms with Gasteiger partial charge in [0.1, 0.15) is 5.69 Å². The van der Waals surface area contributed by atoms with E-state index in [-0.39, 0.29) is 5.91 Å². The molecule has 4 aromatic rings. The summed E-state index contributed by atoms with van der Waals surface area (Å²) in [5.41, 5.74) is 2.98. The molecule has 1 fully saturated rings. The lowest BCUT2D eigenvalue weighted by Crippen LogP contribution is -2.45. The van der Waals surface area contributed by atoms with Crippen molar-refractivity contribution in [1.29, 1.82) is 0 Å². The number of aromatic nitrogens is 4. The summed E-state index contributed by atoms with van der Waals surface area (Å²) in [4.78, 5) is 18.6. The van der Waals surface area contributed by atoms with Gasteiger partial charge >= 0.3 is 0 Å². The van der Waals surface area contributed by atoms with Crippen LogP contribution >= 0.6 is 0 Å². The lowest BCUT2D eigenvalue weighted by molar-refractivity contribution is 0.0632. The normalized spacial score (nSPS) is 15.1. The SMILES string of the molecule is CN(Cc1noc2ccccc12)C1CCN(C(=O)c2cnn(-c3ccccc3)n2)CC1. The number of rotatable bonds is 5. The van der Waals surface area contributed by atoms with E-state index in [1.807, 2.05) is 59.5 Å². The molecule has 8 heteroatoms. The minimum absolute atomic E-state index is 0.0641. The summed E-state index contributed by atoms with van der Waals surface area (Å²) in [6.45, 7) is 2.12.